The first-order chi connectivity index (χ1) is 13.7. The first kappa shape index (κ1) is 16.5. The average Bonchev–Trinajstić information content (AvgIpc) is 3.33. The van der Waals surface area contributed by atoms with Crippen LogP contribution in [0.4, 0.5) is 0 Å². The average molecular weight is 393 g/mol. The van der Waals surface area contributed by atoms with Gasteiger partial charge >= 0.3 is 0 Å². The van der Waals surface area contributed by atoms with Crippen LogP contribution in [0.15, 0.2) is 53.9 Å². The van der Waals surface area contributed by atoms with Crippen LogP contribution in [0.1, 0.15) is 17.0 Å². The van der Waals surface area contributed by atoms with Crippen LogP contribution in [0.25, 0.3) is 11.3 Å². The van der Waals surface area contributed by atoms with Crippen molar-refractivity contribution in [1.82, 2.24) is 10.2 Å². The summed E-state index contributed by atoms with van der Waals surface area (Å²) in [4.78, 5) is 0. The zero-order chi connectivity index (χ0) is 19.3. The Hall–Kier alpha value is -3.63. The summed E-state index contributed by atoms with van der Waals surface area (Å²) in [6, 6.07) is 15.1. The van der Waals surface area contributed by atoms with E-state index >= 15 is 0 Å². The molecule has 0 amide bonds. The molecule has 2 aliphatic rings. The van der Waals surface area contributed by atoms with Gasteiger partial charge in [0.25, 0.3) is 0 Å². The molecule has 2 aromatic carbocycles. The van der Waals surface area contributed by atoms with Crippen LogP contribution in [0.2, 0.25) is 5.02 Å². The molecular formula is C20H13ClN4O3. The Bertz CT molecular complexity index is 1160. The SMILES string of the molecule is N#CC1=C(N)Oc2n[nH]c(-c3ccc4c(c3)OCO4)c2[C@@H]1c1ccc(Cl)cc1. The number of aromatic nitrogens is 2. The Morgan fingerprint density at radius 1 is 1.14 bits per heavy atom. The number of nitrogens with two attached hydrogens (primary N) is 1. The molecule has 0 aliphatic carbocycles. The summed E-state index contributed by atoms with van der Waals surface area (Å²) in [5.74, 6) is 1.27. The van der Waals surface area contributed by atoms with E-state index in [2.05, 4.69) is 16.3 Å². The van der Waals surface area contributed by atoms with Crippen LogP contribution in [-0.2, 0) is 0 Å². The van der Waals surface area contributed by atoms with Crippen molar-refractivity contribution in [3.63, 3.8) is 0 Å². The zero-order valence-corrected chi connectivity index (χ0v) is 15.2. The number of nitrogens with one attached hydrogen (secondary N) is 1. The van der Waals surface area contributed by atoms with Crippen molar-refractivity contribution in [3.8, 4) is 34.7 Å². The van der Waals surface area contributed by atoms with Crippen LogP contribution in [-0.4, -0.2) is 17.0 Å². The summed E-state index contributed by atoms with van der Waals surface area (Å²) in [7, 11) is 0. The molecule has 0 radical (unpaired) electrons. The predicted octanol–water partition coefficient (Wildman–Crippen LogP) is 3.68. The van der Waals surface area contributed by atoms with Crippen molar-refractivity contribution in [2.45, 2.75) is 5.92 Å². The van der Waals surface area contributed by atoms with E-state index in [9.17, 15) is 5.26 Å². The van der Waals surface area contributed by atoms with E-state index in [1.807, 2.05) is 30.3 Å². The number of allylic oxidation sites excluding steroid dienone is 1. The van der Waals surface area contributed by atoms with Crippen molar-refractivity contribution < 1.29 is 14.2 Å². The van der Waals surface area contributed by atoms with E-state index in [0.717, 1.165) is 16.7 Å². The molecular weight excluding hydrogens is 380 g/mol. The summed E-state index contributed by atoms with van der Waals surface area (Å²) >= 11 is 6.04. The number of rotatable bonds is 2. The van der Waals surface area contributed by atoms with Gasteiger partial charge in [0.2, 0.25) is 18.6 Å². The van der Waals surface area contributed by atoms with E-state index in [1.165, 1.54) is 0 Å². The minimum atomic E-state index is -0.440. The molecule has 1 atom stereocenters. The van der Waals surface area contributed by atoms with Crippen LogP contribution < -0.4 is 19.9 Å². The standard InChI is InChI=1S/C20H13ClN4O3/c21-12-4-1-10(2-5-12)16-13(8-22)19(23)28-20-17(16)18(24-25-20)11-3-6-14-15(7-11)27-9-26-14/h1-7,16H,9,23H2,(H,24,25)/t16-/m1/s1. The molecule has 0 spiro atoms. The number of fused-ring (bicyclic) bond motifs is 2. The summed E-state index contributed by atoms with van der Waals surface area (Å²) in [6.07, 6.45) is 0. The second-order valence-electron chi connectivity index (χ2n) is 6.36. The molecule has 3 heterocycles. The van der Waals surface area contributed by atoms with Gasteiger partial charge < -0.3 is 19.9 Å². The maximum absolute atomic E-state index is 9.74. The predicted molar refractivity (Wildman–Crippen MR) is 101 cm³/mol. The molecule has 0 saturated carbocycles. The summed E-state index contributed by atoms with van der Waals surface area (Å²) < 4.78 is 16.5. The van der Waals surface area contributed by atoms with Crippen LogP contribution in [0, 0.1) is 11.3 Å². The number of aromatic amines is 1. The molecule has 0 fully saturated rings. The lowest BCUT2D eigenvalue weighted by Gasteiger charge is -2.24. The maximum Gasteiger partial charge on any atom is 0.244 e. The largest absolute Gasteiger partial charge is 0.454 e. The Labute approximate surface area is 164 Å². The van der Waals surface area contributed by atoms with Crippen molar-refractivity contribution in [3.05, 3.63) is 70.1 Å². The van der Waals surface area contributed by atoms with E-state index < -0.39 is 5.92 Å². The number of hydrogen-bond donors (Lipinski definition) is 2. The van der Waals surface area contributed by atoms with Gasteiger partial charge in [0.1, 0.15) is 11.6 Å². The van der Waals surface area contributed by atoms with Gasteiger partial charge in [0, 0.05) is 10.6 Å². The van der Waals surface area contributed by atoms with Gasteiger partial charge in [0.05, 0.1) is 17.2 Å². The first-order valence-electron chi connectivity index (χ1n) is 8.47. The van der Waals surface area contributed by atoms with Crippen LogP contribution >= 0.6 is 11.6 Å². The van der Waals surface area contributed by atoms with Gasteiger partial charge in [-0.3, -0.25) is 5.10 Å². The zero-order valence-electron chi connectivity index (χ0n) is 14.4. The monoisotopic (exact) mass is 392 g/mol. The summed E-state index contributed by atoms with van der Waals surface area (Å²) in [5.41, 5.74) is 9.45. The quantitative estimate of drug-likeness (QED) is 0.689. The van der Waals surface area contributed by atoms with Gasteiger partial charge in [-0.15, -0.1) is 5.10 Å². The Kier molecular flexibility index (Phi) is 3.67. The first-order valence-corrected chi connectivity index (χ1v) is 8.85. The molecule has 28 heavy (non-hydrogen) atoms. The van der Waals surface area contributed by atoms with Crippen molar-refractivity contribution >= 4 is 11.6 Å². The highest BCUT2D eigenvalue weighted by atomic mass is 35.5. The minimum absolute atomic E-state index is 0.0405. The normalized spacial score (nSPS) is 17.1. The topological polar surface area (TPSA) is 106 Å². The Morgan fingerprint density at radius 3 is 2.71 bits per heavy atom. The fraction of sp³-hybridized carbons (Fsp3) is 0.100. The fourth-order valence-electron chi connectivity index (χ4n) is 3.51. The van der Waals surface area contributed by atoms with Gasteiger partial charge in [-0.2, -0.15) is 5.26 Å². The highest BCUT2D eigenvalue weighted by molar-refractivity contribution is 6.30. The molecule has 0 unspecified atom stereocenters. The third kappa shape index (κ3) is 2.47. The van der Waals surface area contributed by atoms with E-state index in [4.69, 9.17) is 31.5 Å². The number of nitriles is 1. The Morgan fingerprint density at radius 2 is 1.93 bits per heavy atom. The molecule has 3 N–H and O–H groups in total. The van der Waals surface area contributed by atoms with Crippen molar-refractivity contribution in [2.24, 2.45) is 5.73 Å². The highest BCUT2D eigenvalue weighted by Crippen LogP contribution is 2.47. The summed E-state index contributed by atoms with van der Waals surface area (Å²) in [5, 5.41) is 17.6. The van der Waals surface area contributed by atoms with Crippen molar-refractivity contribution in [2.75, 3.05) is 6.79 Å². The molecule has 2 aliphatic heterocycles. The molecule has 3 aromatic rings. The number of nitrogens with zero attached hydrogens (tertiary/aromatic N) is 2. The lowest BCUT2D eigenvalue weighted by Crippen LogP contribution is -2.20. The second kappa shape index (κ2) is 6.22. The van der Waals surface area contributed by atoms with Gasteiger partial charge in [0.15, 0.2) is 11.5 Å². The Balaban J connectivity index is 1.70. The minimum Gasteiger partial charge on any atom is -0.454 e. The number of hydrogen-bond acceptors (Lipinski definition) is 6. The van der Waals surface area contributed by atoms with E-state index in [0.29, 0.717) is 33.7 Å². The van der Waals surface area contributed by atoms with Gasteiger partial charge in [-0.25, -0.2) is 0 Å². The number of H-pyrrole nitrogens is 1. The summed E-state index contributed by atoms with van der Waals surface area (Å²) in [6.45, 7) is 0.189. The molecule has 138 valence electrons. The van der Waals surface area contributed by atoms with Gasteiger partial charge in [-0.05, 0) is 35.9 Å². The fourth-order valence-corrected chi connectivity index (χ4v) is 3.63. The number of ether oxygens (including phenoxy) is 3. The van der Waals surface area contributed by atoms with E-state index in [-0.39, 0.29) is 12.7 Å². The van der Waals surface area contributed by atoms with Crippen molar-refractivity contribution in [1.29, 1.82) is 5.26 Å². The second-order valence-corrected chi connectivity index (χ2v) is 6.80. The maximum atomic E-state index is 9.74. The molecule has 8 heteroatoms. The third-order valence-corrected chi connectivity index (χ3v) is 5.06. The molecule has 5 rings (SSSR count). The molecule has 7 nitrogen and oxygen atoms in total. The lowest BCUT2D eigenvalue weighted by molar-refractivity contribution is 0.174. The molecule has 0 bridgehead atoms. The van der Waals surface area contributed by atoms with Gasteiger partial charge in [-0.1, -0.05) is 23.7 Å². The van der Waals surface area contributed by atoms with Crippen LogP contribution in [0.5, 0.6) is 17.4 Å². The third-order valence-electron chi connectivity index (χ3n) is 4.80. The highest BCUT2D eigenvalue weighted by Gasteiger charge is 2.35. The van der Waals surface area contributed by atoms with Crippen LogP contribution in [0.3, 0.4) is 0 Å². The lowest BCUT2D eigenvalue weighted by atomic mass is 9.83. The smallest absolute Gasteiger partial charge is 0.244 e. The molecule has 1 aromatic heterocycles. The molecule has 0 saturated heterocycles. The number of benzene rings is 2. The number of halogens is 1. The van der Waals surface area contributed by atoms with E-state index in [1.54, 1.807) is 12.1 Å².